The van der Waals surface area contributed by atoms with Crippen LogP contribution in [0.5, 0.6) is 0 Å². The SMILES string of the molecule is Cc1cccnc1CNc1nccc2oc(CCNCCc3nc4ccccc4n3CCOC(C)C)nc12. The summed E-state index contributed by atoms with van der Waals surface area (Å²) < 4.78 is 14.1. The summed E-state index contributed by atoms with van der Waals surface area (Å²) in [4.78, 5) is 18.5. The number of aromatic nitrogens is 5. The topological polar surface area (TPSA) is 103 Å². The molecule has 0 aliphatic rings. The van der Waals surface area contributed by atoms with Crippen LogP contribution < -0.4 is 10.6 Å². The van der Waals surface area contributed by atoms with Crippen molar-refractivity contribution < 1.29 is 9.15 Å². The summed E-state index contributed by atoms with van der Waals surface area (Å²) in [5, 5.41) is 6.88. The first-order valence-corrected chi connectivity index (χ1v) is 13.2. The van der Waals surface area contributed by atoms with Gasteiger partial charge in [-0.15, -0.1) is 0 Å². The molecule has 0 amide bonds. The number of hydrogen-bond acceptors (Lipinski definition) is 8. The quantitative estimate of drug-likeness (QED) is 0.219. The van der Waals surface area contributed by atoms with Gasteiger partial charge in [0, 0.05) is 50.9 Å². The number of ether oxygens (including phenoxy) is 1. The van der Waals surface area contributed by atoms with Gasteiger partial charge in [0.25, 0.3) is 0 Å². The molecule has 0 aliphatic carbocycles. The van der Waals surface area contributed by atoms with Crippen LogP contribution >= 0.6 is 0 Å². The number of oxazole rings is 1. The van der Waals surface area contributed by atoms with E-state index in [1.165, 1.54) is 0 Å². The molecule has 38 heavy (non-hydrogen) atoms. The van der Waals surface area contributed by atoms with E-state index in [9.17, 15) is 0 Å². The van der Waals surface area contributed by atoms with Crippen molar-refractivity contribution >= 4 is 28.0 Å². The lowest BCUT2D eigenvalue weighted by Crippen LogP contribution is -2.22. The molecule has 0 atom stereocenters. The maximum Gasteiger partial charge on any atom is 0.196 e. The van der Waals surface area contributed by atoms with Crippen molar-refractivity contribution in [1.82, 2.24) is 29.8 Å². The zero-order valence-corrected chi connectivity index (χ0v) is 22.3. The lowest BCUT2D eigenvalue weighted by molar-refractivity contribution is 0.0729. The number of nitrogens with one attached hydrogen (secondary N) is 2. The van der Waals surface area contributed by atoms with Crippen LogP contribution in [0.4, 0.5) is 5.82 Å². The first kappa shape index (κ1) is 25.8. The summed E-state index contributed by atoms with van der Waals surface area (Å²) in [6.07, 6.45) is 5.27. The Morgan fingerprint density at radius 2 is 1.84 bits per heavy atom. The third-order valence-corrected chi connectivity index (χ3v) is 6.43. The van der Waals surface area contributed by atoms with Crippen LogP contribution in [0, 0.1) is 6.92 Å². The number of aryl methyl sites for hydroxylation is 1. The van der Waals surface area contributed by atoms with E-state index < -0.39 is 0 Å². The van der Waals surface area contributed by atoms with Gasteiger partial charge in [0.05, 0.1) is 36.0 Å². The van der Waals surface area contributed by atoms with Gasteiger partial charge in [0.1, 0.15) is 5.82 Å². The third kappa shape index (κ3) is 6.17. The van der Waals surface area contributed by atoms with E-state index in [2.05, 4.69) is 70.2 Å². The van der Waals surface area contributed by atoms with Crippen molar-refractivity contribution in [2.45, 2.75) is 52.8 Å². The lowest BCUT2D eigenvalue weighted by Gasteiger charge is -2.12. The van der Waals surface area contributed by atoms with E-state index in [1.807, 2.05) is 18.2 Å². The molecule has 0 spiro atoms. The molecular weight excluding hydrogens is 478 g/mol. The predicted molar refractivity (Wildman–Crippen MR) is 149 cm³/mol. The highest BCUT2D eigenvalue weighted by Gasteiger charge is 2.13. The van der Waals surface area contributed by atoms with Gasteiger partial charge in [-0.25, -0.2) is 15.0 Å². The Balaban J connectivity index is 1.16. The average Bonchev–Trinajstić information content (AvgIpc) is 3.49. The maximum atomic E-state index is 5.99. The van der Waals surface area contributed by atoms with Crippen molar-refractivity contribution in [3.05, 3.63) is 77.8 Å². The second-order valence-electron chi connectivity index (χ2n) is 9.57. The van der Waals surface area contributed by atoms with Crippen LogP contribution in [0.1, 0.15) is 36.8 Å². The molecule has 0 fully saturated rings. The average molecular weight is 514 g/mol. The fourth-order valence-corrected chi connectivity index (χ4v) is 4.47. The van der Waals surface area contributed by atoms with E-state index in [0.29, 0.717) is 31.3 Å². The normalized spacial score (nSPS) is 11.7. The molecule has 1 aromatic carbocycles. The summed E-state index contributed by atoms with van der Waals surface area (Å²) in [7, 11) is 0. The summed E-state index contributed by atoms with van der Waals surface area (Å²) in [6.45, 7) is 9.78. The molecule has 5 aromatic rings. The monoisotopic (exact) mass is 513 g/mol. The molecule has 0 radical (unpaired) electrons. The predicted octanol–water partition coefficient (Wildman–Crippen LogP) is 4.69. The number of imidazole rings is 1. The number of nitrogens with zero attached hydrogens (tertiary/aromatic N) is 5. The number of anilines is 1. The first-order chi connectivity index (χ1) is 18.6. The Hall–Kier alpha value is -3.82. The summed E-state index contributed by atoms with van der Waals surface area (Å²) in [6, 6.07) is 14.1. The van der Waals surface area contributed by atoms with E-state index in [4.69, 9.17) is 19.1 Å². The Morgan fingerprint density at radius 3 is 2.71 bits per heavy atom. The highest BCUT2D eigenvalue weighted by molar-refractivity contribution is 5.83. The van der Waals surface area contributed by atoms with Crippen molar-refractivity contribution in [3.8, 4) is 0 Å². The number of hydrogen-bond donors (Lipinski definition) is 2. The molecule has 0 saturated heterocycles. The highest BCUT2D eigenvalue weighted by Crippen LogP contribution is 2.22. The molecule has 4 aromatic heterocycles. The molecule has 0 aliphatic heterocycles. The second kappa shape index (κ2) is 12.1. The molecule has 9 nitrogen and oxygen atoms in total. The van der Waals surface area contributed by atoms with Crippen molar-refractivity contribution in [3.63, 3.8) is 0 Å². The summed E-state index contributed by atoms with van der Waals surface area (Å²) >= 11 is 0. The van der Waals surface area contributed by atoms with Gasteiger partial charge >= 0.3 is 0 Å². The zero-order valence-electron chi connectivity index (χ0n) is 22.3. The van der Waals surface area contributed by atoms with Gasteiger partial charge in [-0.3, -0.25) is 4.98 Å². The number of fused-ring (bicyclic) bond motifs is 2. The van der Waals surface area contributed by atoms with Crippen molar-refractivity contribution in [2.24, 2.45) is 0 Å². The van der Waals surface area contributed by atoms with Crippen LogP contribution in [0.3, 0.4) is 0 Å². The van der Waals surface area contributed by atoms with Gasteiger partial charge in [-0.1, -0.05) is 18.2 Å². The fraction of sp³-hybridized carbons (Fsp3) is 0.379. The Morgan fingerprint density at radius 1 is 0.974 bits per heavy atom. The van der Waals surface area contributed by atoms with Crippen LogP contribution in [0.25, 0.3) is 22.1 Å². The Kier molecular flexibility index (Phi) is 8.25. The molecule has 4 heterocycles. The molecule has 0 saturated carbocycles. The molecule has 9 heteroatoms. The van der Waals surface area contributed by atoms with Crippen LogP contribution in [-0.4, -0.2) is 50.3 Å². The zero-order chi connectivity index (χ0) is 26.3. The summed E-state index contributed by atoms with van der Waals surface area (Å²) in [5.74, 6) is 2.46. The van der Waals surface area contributed by atoms with Gasteiger partial charge in [0.15, 0.2) is 22.8 Å². The lowest BCUT2D eigenvalue weighted by atomic mass is 10.2. The molecule has 0 unspecified atom stereocenters. The minimum Gasteiger partial charge on any atom is -0.440 e. The third-order valence-electron chi connectivity index (χ3n) is 6.43. The number of rotatable bonds is 13. The molecule has 2 N–H and O–H groups in total. The smallest absolute Gasteiger partial charge is 0.196 e. The van der Waals surface area contributed by atoms with Crippen molar-refractivity contribution in [2.75, 3.05) is 25.0 Å². The van der Waals surface area contributed by atoms with Gasteiger partial charge in [-0.05, 0) is 44.5 Å². The standard InChI is InChI=1S/C29H35N7O2/c1-20(2)37-18-17-36-24-9-5-4-8-22(24)34-26(36)11-14-30-15-12-27-35-28-25(38-27)10-16-32-29(28)33-19-23-21(3)7-6-13-31-23/h4-10,13,16,20,30H,11-12,14-15,17-19H2,1-3H3,(H,32,33). The Bertz CT molecular complexity index is 1490. The number of pyridine rings is 2. The molecular formula is C29H35N7O2. The van der Waals surface area contributed by atoms with E-state index in [0.717, 1.165) is 65.3 Å². The second-order valence-corrected chi connectivity index (χ2v) is 9.57. The minimum atomic E-state index is 0.217. The Labute approximate surface area is 222 Å². The first-order valence-electron chi connectivity index (χ1n) is 13.2. The van der Waals surface area contributed by atoms with E-state index >= 15 is 0 Å². The van der Waals surface area contributed by atoms with Gasteiger partial charge in [0.2, 0.25) is 0 Å². The van der Waals surface area contributed by atoms with Crippen LogP contribution in [0.2, 0.25) is 0 Å². The van der Waals surface area contributed by atoms with Crippen LogP contribution in [-0.2, 0) is 30.7 Å². The number of para-hydroxylation sites is 2. The minimum absolute atomic E-state index is 0.217. The van der Waals surface area contributed by atoms with E-state index in [1.54, 1.807) is 12.4 Å². The largest absolute Gasteiger partial charge is 0.440 e. The van der Waals surface area contributed by atoms with Gasteiger partial charge < -0.3 is 24.4 Å². The summed E-state index contributed by atoms with van der Waals surface area (Å²) in [5.41, 5.74) is 5.77. The molecule has 5 rings (SSSR count). The molecule has 0 bridgehead atoms. The van der Waals surface area contributed by atoms with E-state index in [-0.39, 0.29) is 6.10 Å². The maximum absolute atomic E-state index is 5.99. The number of benzene rings is 1. The highest BCUT2D eigenvalue weighted by atomic mass is 16.5. The fourth-order valence-electron chi connectivity index (χ4n) is 4.47. The molecule has 198 valence electrons. The van der Waals surface area contributed by atoms with Crippen LogP contribution in [0.15, 0.2) is 59.3 Å². The van der Waals surface area contributed by atoms with Gasteiger partial charge in [-0.2, -0.15) is 0 Å². The van der Waals surface area contributed by atoms with Crippen molar-refractivity contribution in [1.29, 1.82) is 0 Å².